The lowest BCUT2D eigenvalue weighted by Crippen LogP contribution is -2.42. The number of carboxylic acids is 1. The van der Waals surface area contributed by atoms with Gasteiger partial charge in [-0.2, -0.15) is 5.10 Å². The van der Waals surface area contributed by atoms with E-state index in [1.807, 2.05) is 46.2 Å². The number of amides is 1. The van der Waals surface area contributed by atoms with Gasteiger partial charge in [-0.3, -0.25) is 14.3 Å². The summed E-state index contributed by atoms with van der Waals surface area (Å²) < 4.78 is 1.85. The zero-order valence-electron chi connectivity index (χ0n) is 15.1. The molecule has 0 aliphatic heterocycles. The molecule has 0 bridgehead atoms. The third-order valence-corrected chi connectivity index (χ3v) is 4.48. The van der Waals surface area contributed by atoms with Crippen molar-refractivity contribution in [3.63, 3.8) is 0 Å². The summed E-state index contributed by atoms with van der Waals surface area (Å²) >= 11 is 0. The highest BCUT2D eigenvalue weighted by Gasteiger charge is 2.35. The molecule has 1 amide bonds. The van der Waals surface area contributed by atoms with E-state index in [1.165, 1.54) is 0 Å². The van der Waals surface area contributed by atoms with Gasteiger partial charge in [0.25, 0.3) is 5.91 Å². The molecule has 1 aromatic rings. The number of carbonyl (C=O) groups excluding carboxylic acids is 1. The average molecular weight is 323 g/mol. The molecule has 0 aromatic carbocycles. The standard InChI is InChI=1S/C17H29N3O3/c1-7-13-12(10-19-20(13)16(4,5)6)14(21)18-11-17(8-2,9-3)15(22)23/h10H,7-9,11H2,1-6H3,(H,18,21)(H,22,23). The van der Waals surface area contributed by atoms with Gasteiger partial charge in [-0.25, -0.2) is 0 Å². The van der Waals surface area contributed by atoms with Crippen LogP contribution in [0.25, 0.3) is 0 Å². The summed E-state index contributed by atoms with van der Waals surface area (Å²) in [5, 5.41) is 16.6. The number of nitrogens with zero attached hydrogens (tertiary/aromatic N) is 2. The highest BCUT2D eigenvalue weighted by atomic mass is 16.4. The SMILES string of the molecule is CCc1c(C(=O)NCC(CC)(CC)C(=O)O)cnn1C(C)(C)C. The number of carbonyl (C=O) groups is 2. The topological polar surface area (TPSA) is 84.2 Å². The van der Waals surface area contributed by atoms with Crippen molar-refractivity contribution in [2.45, 2.75) is 66.3 Å². The Kier molecular flexibility index (Phi) is 5.97. The van der Waals surface area contributed by atoms with E-state index >= 15 is 0 Å². The summed E-state index contributed by atoms with van der Waals surface area (Å²) in [6.07, 6.45) is 3.20. The number of hydrogen-bond donors (Lipinski definition) is 2. The molecule has 6 heteroatoms. The van der Waals surface area contributed by atoms with Crippen molar-refractivity contribution in [2.75, 3.05) is 6.54 Å². The maximum absolute atomic E-state index is 12.5. The molecular weight excluding hydrogens is 294 g/mol. The first kappa shape index (κ1) is 19.2. The monoisotopic (exact) mass is 323 g/mol. The zero-order valence-corrected chi connectivity index (χ0v) is 15.1. The lowest BCUT2D eigenvalue weighted by Gasteiger charge is -2.27. The molecule has 1 rings (SSSR count). The maximum Gasteiger partial charge on any atom is 0.311 e. The molecular formula is C17H29N3O3. The molecule has 130 valence electrons. The Morgan fingerprint density at radius 1 is 1.22 bits per heavy atom. The number of rotatable bonds is 7. The molecule has 23 heavy (non-hydrogen) atoms. The Labute approximate surface area is 138 Å². The Hall–Kier alpha value is -1.85. The maximum atomic E-state index is 12.5. The third-order valence-electron chi connectivity index (χ3n) is 4.48. The fourth-order valence-corrected chi connectivity index (χ4v) is 2.70. The smallest absolute Gasteiger partial charge is 0.311 e. The van der Waals surface area contributed by atoms with E-state index in [9.17, 15) is 14.7 Å². The van der Waals surface area contributed by atoms with Crippen molar-refractivity contribution in [1.29, 1.82) is 0 Å². The van der Waals surface area contributed by atoms with Gasteiger partial charge in [-0.05, 0) is 40.0 Å². The largest absolute Gasteiger partial charge is 0.481 e. The summed E-state index contributed by atoms with van der Waals surface area (Å²) in [4.78, 5) is 24.0. The van der Waals surface area contributed by atoms with Gasteiger partial charge in [0.2, 0.25) is 0 Å². The summed E-state index contributed by atoms with van der Waals surface area (Å²) in [5.41, 5.74) is 0.265. The van der Waals surface area contributed by atoms with E-state index in [4.69, 9.17) is 0 Å². The molecule has 1 heterocycles. The van der Waals surface area contributed by atoms with Crippen LogP contribution in [0.1, 0.15) is 70.4 Å². The molecule has 2 N–H and O–H groups in total. The van der Waals surface area contributed by atoms with Gasteiger partial charge in [-0.15, -0.1) is 0 Å². The summed E-state index contributed by atoms with van der Waals surface area (Å²) in [7, 11) is 0. The summed E-state index contributed by atoms with van der Waals surface area (Å²) in [5.74, 6) is -1.13. The van der Waals surface area contributed by atoms with Crippen LogP contribution in [0, 0.1) is 5.41 Å². The first-order chi connectivity index (χ1) is 10.6. The van der Waals surface area contributed by atoms with Crippen LogP contribution in [0.3, 0.4) is 0 Å². The van der Waals surface area contributed by atoms with Gasteiger partial charge in [0.15, 0.2) is 0 Å². The molecule has 0 saturated carbocycles. The van der Waals surface area contributed by atoms with Gasteiger partial charge < -0.3 is 10.4 Å². The normalized spacial score (nSPS) is 12.3. The molecule has 0 saturated heterocycles. The lowest BCUT2D eigenvalue weighted by atomic mass is 9.82. The Bertz CT molecular complexity index is 566. The van der Waals surface area contributed by atoms with Crippen LogP contribution in [0.5, 0.6) is 0 Å². The number of hydrogen-bond acceptors (Lipinski definition) is 3. The van der Waals surface area contributed by atoms with Crippen LogP contribution in [-0.2, 0) is 16.8 Å². The molecule has 0 radical (unpaired) electrons. The lowest BCUT2D eigenvalue weighted by molar-refractivity contribution is -0.149. The number of nitrogens with one attached hydrogen (secondary N) is 1. The number of aliphatic carboxylic acids is 1. The molecule has 0 aliphatic carbocycles. The molecule has 0 fully saturated rings. The van der Waals surface area contributed by atoms with Crippen LogP contribution in [0.15, 0.2) is 6.20 Å². The van der Waals surface area contributed by atoms with Crippen molar-refractivity contribution in [2.24, 2.45) is 5.41 Å². The fraction of sp³-hybridized carbons (Fsp3) is 0.706. The van der Waals surface area contributed by atoms with Crippen molar-refractivity contribution >= 4 is 11.9 Å². The molecule has 1 aromatic heterocycles. The third kappa shape index (κ3) is 3.92. The Morgan fingerprint density at radius 3 is 2.17 bits per heavy atom. The Balaban J connectivity index is 3.00. The highest BCUT2D eigenvalue weighted by molar-refractivity contribution is 5.95. The predicted octanol–water partition coefficient (Wildman–Crippen LogP) is 2.82. The van der Waals surface area contributed by atoms with E-state index < -0.39 is 11.4 Å². The average Bonchev–Trinajstić information content (AvgIpc) is 2.92. The molecule has 0 unspecified atom stereocenters. The summed E-state index contributed by atoms with van der Waals surface area (Å²) in [6, 6.07) is 0. The van der Waals surface area contributed by atoms with Crippen molar-refractivity contribution in [3.8, 4) is 0 Å². The second kappa shape index (κ2) is 7.15. The van der Waals surface area contributed by atoms with E-state index in [0.717, 1.165) is 5.69 Å². The quantitative estimate of drug-likeness (QED) is 0.808. The predicted molar refractivity (Wildman–Crippen MR) is 89.6 cm³/mol. The van der Waals surface area contributed by atoms with Crippen molar-refractivity contribution in [1.82, 2.24) is 15.1 Å². The van der Waals surface area contributed by atoms with Gasteiger partial charge in [0, 0.05) is 6.54 Å². The van der Waals surface area contributed by atoms with E-state index in [-0.39, 0.29) is 18.0 Å². The first-order valence-corrected chi connectivity index (χ1v) is 8.22. The highest BCUT2D eigenvalue weighted by Crippen LogP contribution is 2.26. The first-order valence-electron chi connectivity index (χ1n) is 8.22. The zero-order chi connectivity index (χ0) is 17.8. The van der Waals surface area contributed by atoms with Crippen LogP contribution in [-0.4, -0.2) is 33.3 Å². The molecule has 0 spiro atoms. The number of aromatic nitrogens is 2. The van der Waals surface area contributed by atoms with Crippen LogP contribution >= 0.6 is 0 Å². The van der Waals surface area contributed by atoms with E-state index in [1.54, 1.807) is 6.20 Å². The number of carboxylic acid groups (broad SMARTS) is 1. The van der Waals surface area contributed by atoms with Crippen LogP contribution < -0.4 is 5.32 Å². The Morgan fingerprint density at radius 2 is 1.78 bits per heavy atom. The second-order valence-corrected chi connectivity index (χ2v) is 6.92. The molecule has 0 aliphatic rings. The second-order valence-electron chi connectivity index (χ2n) is 6.92. The minimum absolute atomic E-state index is 0.123. The summed E-state index contributed by atoms with van der Waals surface area (Å²) in [6.45, 7) is 11.9. The van der Waals surface area contributed by atoms with Crippen LogP contribution in [0.2, 0.25) is 0 Å². The van der Waals surface area contributed by atoms with Crippen molar-refractivity contribution in [3.05, 3.63) is 17.5 Å². The van der Waals surface area contributed by atoms with Gasteiger partial charge in [-0.1, -0.05) is 20.8 Å². The van der Waals surface area contributed by atoms with Gasteiger partial charge in [0.05, 0.1) is 28.4 Å². The molecule has 0 atom stereocenters. The van der Waals surface area contributed by atoms with Gasteiger partial charge in [0.1, 0.15) is 0 Å². The van der Waals surface area contributed by atoms with Crippen LogP contribution in [0.4, 0.5) is 0 Å². The minimum atomic E-state index is -0.915. The molecule has 6 nitrogen and oxygen atoms in total. The van der Waals surface area contributed by atoms with E-state index in [2.05, 4.69) is 10.4 Å². The van der Waals surface area contributed by atoms with Gasteiger partial charge >= 0.3 is 5.97 Å². The minimum Gasteiger partial charge on any atom is -0.481 e. The van der Waals surface area contributed by atoms with E-state index in [0.29, 0.717) is 24.8 Å². The van der Waals surface area contributed by atoms with Crippen molar-refractivity contribution < 1.29 is 14.7 Å². The fourth-order valence-electron chi connectivity index (χ4n) is 2.70.